The van der Waals surface area contributed by atoms with E-state index in [0.29, 0.717) is 6.04 Å². The molecule has 4 nitrogen and oxygen atoms in total. The van der Waals surface area contributed by atoms with Crippen LogP contribution < -0.4 is 5.32 Å². The highest BCUT2D eigenvalue weighted by molar-refractivity contribution is 6.31. The third kappa shape index (κ3) is 2.61. The van der Waals surface area contributed by atoms with Gasteiger partial charge in [0.2, 0.25) is 0 Å². The van der Waals surface area contributed by atoms with Gasteiger partial charge >= 0.3 is 0 Å². The first kappa shape index (κ1) is 14.4. The smallest absolute Gasteiger partial charge is 0.0863 e. The molecule has 20 heavy (non-hydrogen) atoms. The molecule has 0 aromatic carbocycles. The van der Waals surface area contributed by atoms with Crippen molar-refractivity contribution >= 4 is 11.6 Å². The van der Waals surface area contributed by atoms with Crippen molar-refractivity contribution in [3.63, 3.8) is 0 Å². The Morgan fingerprint density at radius 3 is 2.60 bits per heavy atom. The molecule has 4 rings (SSSR count). The topological polar surface area (TPSA) is 33.1 Å². The average molecular weight is 297 g/mol. The van der Waals surface area contributed by atoms with Crippen LogP contribution in [0.1, 0.15) is 38.1 Å². The van der Waals surface area contributed by atoms with E-state index in [0.717, 1.165) is 41.8 Å². The standard InChI is InChI=1S/C15H25ClN4/c1-3-12-15(16)14(20(4-2)18-12)9-17-13-10-19-7-5-11(13)6-8-19/h11,13,17H,3-10H2,1-2H3. The van der Waals surface area contributed by atoms with Crippen LogP contribution in [0.2, 0.25) is 5.02 Å². The second kappa shape index (κ2) is 6.04. The van der Waals surface area contributed by atoms with E-state index in [2.05, 4.69) is 33.8 Å². The number of nitrogens with zero attached hydrogens (tertiary/aromatic N) is 3. The molecule has 3 fully saturated rings. The van der Waals surface area contributed by atoms with Gasteiger partial charge in [-0.2, -0.15) is 5.10 Å². The highest BCUT2D eigenvalue weighted by Crippen LogP contribution is 2.28. The normalized spacial score (nSPS) is 29.1. The number of hydrogen-bond acceptors (Lipinski definition) is 3. The van der Waals surface area contributed by atoms with Gasteiger partial charge in [0.1, 0.15) is 0 Å². The predicted molar refractivity (Wildman–Crippen MR) is 82.1 cm³/mol. The van der Waals surface area contributed by atoms with Crippen LogP contribution in [0.4, 0.5) is 0 Å². The van der Waals surface area contributed by atoms with Crippen LogP contribution in [0, 0.1) is 5.92 Å². The first-order valence-corrected chi connectivity index (χ1v) is 8.30. The maximum Gasteiger partial charge on any atom is 0.0863 e. The van der Waals surface area contributed by atoms with Crippen LogP contribution >= 0.6 is 11.6 Å². The Kier molecular flexibility index (Phi) is 4.34. The minimum Gasteiger partial charge on any atom is -0.307 e. The van der Waals surface area contributed by atoms with Crippen LogP contribution in [0.25, 0.3) is 0 Å². The molecule has 0 saturated carbocycles. The van der Waals surface area contributed by atoms with Crippen LogP contribution in [0.5, 0.6) is 0 Å². The number of nitrogens with one attached hydrogen (secondary N) is 1. The van der Waals surface area contributed by atoms with E-state index in [9.17, 15) is 0 Å². The summed E-state index contributed by atoms with van der Waals surface area (Å²) in [5.74, 6) is 0.849. The minimum absolute atomic E-state index is 0.624. The van der Waals surface area contributed by atoms with E-state index in [1.807, 2.05) is 0 Å². The summed E-state index contributed by atoms with van der Waals surface area (Å²) in [7, 11) is 0. The maximum absolute atomic E-state index is 6.47. The number of piperidine rings is 3. The van der Waals surface area contributed by atoms with Crippen LogP contribution in [0.3, 0.4) is 0 Å². The zero-order chi connectivity index (χ0) is 14.1. The Morgan fingerprint density at radius 2 is 2.05 bits per heavy atom. The molecule has 0 aliphatic carbocycles. The van der Waals surface area contributed by atoms with Crippen molar-refractivity contribution in [2.24, 2.45) is 5.92 Å². The molecule has 1 aromatic rings. The molecule has 0 radical (unpaired) electrons. The Hall–Kier alpha value is -0.580. The summed E-state index contributed by atoms with van der Waals surface area (Å²) in [5.41, 5.74) is 2.18. The fourth-order valence-electron chi connectivity index (χ4n) is 3.61. The molecule has 0 spiro atoms. The van der Waals surface area contributed by atoms with Crippen molar-refractivity contribution in [1.29, 1.82) is 0 Å². The third-order valence-corrected chi connectivity index (χ3v) is 5.32. The number of hydrogen-bond donors (Lipinski definition) is 1. The highest BCUT2D eigenvalue weighted by atomic mass is 35.5. The van der Waals surface area contributed by atoms with Gasteiger partial charge < -0.3 is 10.2 Å². The van der Waals surface area contributed by atoms with Gasteiger partial charge in [-0.05, 0) is 45.2 Å². The zero-order valence-corrected chi connectivity index (χ0v) is 13.3. The Labute approximate surface area is 126 Å². The number of aryl methyl sites for hydroxylation is 2. The predicted octanol–water partition coefficient (Wildman–Crippen LogP) is 2.30. The Morgan fingerprint density at radius 1 is 1.30 bits per heavy atom. The second-order valence-corrected chi connectivity index (χ2v) is 6.38. The summed E-state index contributed by atoms with van der Waals surface area (Å²) < 4.78 is 2.05. The molecule has 0 amide bonds. The van der Waals surface area contributed by atoms with Gasteiger partial charge in [0.25, 0.3) is 0 Å². The second-order valence-electron chi connectivity index (χ2n) is 6.00. The van der Waals surface area contributed by atoms with E-state index in [1.165, 1.54) is 32.5 Å². The molecule has 1 atom stereocenters. The summed E-state index contributed by atoms with van der Waals surface area (Å²) in [5, 5.41) is 9.19. The summed E-state index contributed by atoms with van der Waals surface area (Å²) >= 11 is 6.47. The molecule has 3 aliphatic heterocycles. The van der Waals surface area contributed by atoms with Crippen molar-refractivity contribution in [2.75, 3.05) is 19.6 Å². The first-order chi connectivity index (χ1) is 9.72. The average Bonchev–Trinajstić information content (AvgIpc) is 2.82. The number of rotatable bonds is 5. The lowest BCUT2D eigenvalue weighted by atomic mass is 9.84. The third-order valence-electron chi connectivity index (χ3n) is 4.88. The monoisotopic (exact) mass is 296 g/mol. The first-order valence-electron chi connectivity index (χ1n) is 7.92. The molecule has 3 aliphatic rings. The minimum atomic E-state index is 0.624. The van der Waals surface area contributed by atoms with Gasteiger partial charge in [0.15, 0.2) is 0 Å². The van der Waals surface area contributed by atoms with Gasteiger partial charge in [-0.3, -0.25) is 4.68 Å². The van der Waals surface area contributed by atoms with Gasteiger partial charge in [-0.25, -0.2) is 0 Å². The maximum atomic E-state index is 6.47. The molecule has 1 unspecified atom stereocenters. The fourth-order valence-corrected chi connectivity index (χ4v) is 3.95. The van der Waals surface area contributed by atoms with E-state index in [-0.39, 0.29) is 0 Å². The highest BCUT2D eigenvalue weighted by Gasteiger charge is 2.33. The lowest BCUT2D eigenvalue weighted by molar-refractivity contribution is 0.0717. The quantitative estimate of drug-likeness (QED) is 0.905. The van der Waals surface area contributed by atoms with E-state index >= 15 is 0 Å². The lowest BCUT2D eigenvalue weighted by Gasteiger charge is -2.45. The number of halogens is 1. The largest absolute Gasteiger partial charge is 0.307 e. The van der Waals surface area contributed by atoms with Gasteiger partial charge in [-0.1, -0.05) is 18.5 Å². The van der Waals surface area contributed by atoms with Crippen molar-refractivity contribution < 1.29 is 0 Å². The van der Waals surface area contributed by atoms with E-state index in [4.69, 9.17) is 11.6 Å². The summed E-state index contributed by atoms with van der Waals surface area (Å²) in [6.07, 6.45) is 3.59. The van der Waals surface area contributed by atoms with E-state index in [1.54, 1.807) is 0 Å². The summed E-state index contributed by atoms with van der Waals surface area (Å²) in [4.78, 5) is 2.58. The van der Waals surface area contributed by atoms with Crippen LogP contribution in [0.15, 0.2) is 0 Å². The molecule has 2 bridgehead atoms. The lowest BCUT2D eigenvalue weighted by Crippen LogP contribution is -2.55. The summed E-state index contributed by atoms with van der Waals surface area (Å²) in [6, 6.07) is 0.624. The van der Waals surface area contributed by atoms with Gasteiger partial charge in [0.05, 0.1) is 16.4 Å². The van der Waals surface area contributed by atoms with E-state index < -0.39 is 0 Å². The molecule has 5 heteroatoms. The van der Waals surface area contributed by atoms with Crippen molar-refractivity contribution in [2.45, 2.75) is 52.2 Å². The Balaban J connectivity index is 1.67. The van der Waals surface area contributed by atoms with Crippen molar-refractivity contribution in [3.05, 3.63) is 16.4 Å². The molecule has 3 saturated heterocycles. The summed E-state index contributed by atoms with van der Waals surface area (Å²) in [6.45, 7) is 9.74. The van der Waals surface area contributed by atoms with Crippen molar-refractivity contribution in [3.8, 4) is 0 Å². The van der Waals surface area contributed by atoms with Gasteiger partial charge in [0, 0.05) is 25.7 Å². The zero-order valence-electron chi connectivity index (χ0n) is 12.5. The Bertz CT molecular complexity index is 463. The molecular weight excluding hydrogens is 272 g/mol. The molecule has 1 aromatic heterocycles. The molecule has 112 valence electrons. The molecule has 4 heterocycles. The number of aromatic nitrogens is 2. The van der Waals surface area contributed by atoms with Crippen molar-refractivity contribution in [1.82, 2.24) is 20.0 Å². The van der Waals surface area contributed by atoms with Crippen LogP contribution in [-0.4, -0.2) is 40.4 Å². The fraction of sp³-hybridized carbons (Fsp3) is 0.800. The SMILES string of the molecule is CCc1nn(CC)c(CNC2CN3CCC2CC3)c1Cl. The van der Waals surface area contributed by atoms with Crippen LogP contribution in [-0.2, 0) is 19.5 Å². The molecule has 1 N–H and O–H groups in total. The molecular formula is C15H25ClN4. The number of fused-ring (bicyclic) bond motifs is 3. The van der Waals surface area contributed by atoms with Gasteiger partial charge in [-0.15, -0.1) is 0 Å².